The second-order valence-electron chi connectivity index (χ2n) is 3.67. The maximum atomic E-state index is 4.40. The predicted molar refractivity (Wildman–Crippen MR) is 75.0 cm³/mol. The van der Waals surface area contributed by atoms with Crippen LogP contribution in [0.5, 0.6) is 0 Å². The van der Waals surface area contributed by atoms with Crippen molar-refractivity contribution in [3.05, 3.63) is 39.8 Å². The summed E-state index contributed by atoms with van der Waals surface area (Å²) in [7, 11) is 0. The highest BCUT2D eigenvalue weighted by Gasteiger charge is 2.06. The smallest absolute Gasteiger partial charge is 0.180 e. The van der Waals surface area contributed by atoms with E-state index in [0.717, 1.165) is 34.0 Å². The van der Waals surface area contributed by atoms with Crippen molar-refractivity contribution in [2.24, 2.45) is 0 Å². The van der Waals surface area contributed by atoms with Crippen LogP contribution in [0.3, 0.4) is 0 Å². The number of nitrogens with one attached hydrogen (secondary N) is 1. The van der Waals surface area contributed by atoms with Crippen LogP contribution in [-0.4, -0.2) is 25.9 Å². The minimum Gasteiger partial charge on any atom is -0.367 e. The van der Waals surface area contributed by atoms with Gasteiger partial charge < -0.3 is 9.72 Å². The van der Waals surface area contributed by atoms with Crippen LogP contribution in [-0.2, 0) is 6.42 Å². The number of nitrogens with zero attached hydrogens (tertiary/aromatic N) is 4. The van der Waals surface area contributed by atoms with Gasteiger partial charge in [-0.05, 0) is 15.9 Å². The van der Waals surface area contributed by atoms with Crippen LogP contribution in [0.4, 0.5) is 5.82 Å². The molecular formula is C11H10BrN5S. The van der Waals surface area contributed by atoms with Crippen molar-refractivity contribution in [3.63, 3.8) is 0 Å². The first-order valence-electron chi connectivity index (χ1n) is 5.44. The van der Waals surface area contributed by atoms with Gasteiger partial charge in [0.1, 0.15) is 4.60 Å². The molecule has 18 heavy (non-hydrogen) atoms. The number of hydrogen-bond donors (Lipinski definition) is 1. The van der Waals surface area contributed by atoms with Crippen molar-refractivity contribution >= 4 is 38.7 Å². The third kappa shape index (κ3) is 2.37. The number of hydrogen-bond acceptors (Lipinski definition) is 5. The molecule has 0 aromatic carbocycles. The van der Waals surface area contributed by atoms with E-state index >= 15 is 0 Å². The normalized spacial score (nSPS) is 10.9. The first kappa shape index (κ1) is 11.6. The first-order chi connectivity index (χ1) is 8.83. The van der Waals surface area contributed by atoms with Crippen LogP contribution in [0.25, 0.3) is 5.65 Å². The van der Waals surface area contributed by atoms with Gasteiger partial charge in [-0.3, -0.25) is 0 Å². The molecule has 0 amide bonds. The predicted octanol–water partition coefficient (Wildman–Crippen LogP) is 2.60. The van der Waals surface area contributed by atoms with Gasteiger partial charge >= 0.3 is 0 Å². The zero-order valence-corrected chi connectivity index (χ0v) is 11.8. The molecule has 3 rings (SSSR count). The average Bonchev–Trinajstić information content (AvgIpc) is 2.98. The van der Waals surface area contributed by atoms with Crippen molar-refractivity contribution in [1.82, 2.24) is 19.4 Å². The molecule has 0 atom stereocenters. The van der Waals surface area contributed by atoms with E-state index in [2.05, 4.69) is 36.2 Å². The molecule has 92 valence electrons. The average molecular weight is 324 g/mol. The van der Waals surface area contributed by atoms with Crippen LogP contribution in [0, 0.1) is 0 Å². The number of fused-ring (bicyclic) bond motifs is 1. The van der Waals surface area contributed by atoms with Crippen molar-refractivity contribution < 1.29 is 0 Å². The van der Waals surface area contributed by atoms with Gasteiger partial charge in [-0.25, -0.2) is 15.0 Å². The van der Waals surface area contributed by atoms with E-state index in [1.807, 2.05) is 28.4 Å². The molecule has 0 aliphatic rings. The SMILES string of the molecule is Brc1cn2ccnc2c(NCCc2nccs2)n1. The summed E-state index contributed by atoms with van der Waals surface area (Å²) in [6.45, 7) is 0.791. The molecular weight excluding hydrogens is 314 g/mol. The Kier molecular flexibility index (Phi) is 3.24. The largest absolute Gasteiger partial charge is 0.367 e. The Labute approximate surface area is 116 Å². The highest BCUT2D eigenvalue weighted by Crippen LogP contribution is 2.16. The Morgan fingerprint density at radius 2 is 2.28 bits per heavy atom. The summed E-state index contributed by atoms with van der Waals surface area (Å²) in [6, 6.07) is 0. The maximum Gasteiger partial charge on any atom is 0.180 e. The van der Waals surface area contributed by atoms with Gasteiger partial charge in [-0.1, -0.05) is 0 Å². The second-order valence-corrected chi connectivity index (χ2v) is 5.46. The summed E-state index contributed by atoms with van der Waals surface area (Å²) in [5.74, 6) is 0.783. The van der Waals surface area contributed by atoms with Crippen LogP contribution >= 0.6 is 27.3 Å². The molecule has 0 fully saturated rings. The molecule has 0 bridgehead atoms. The Morgan fingerprint density at radius 3 is 3.11 bits per heavy atom. The number of anilines is 1. The zero-order chi connectivity index (χ0) is 12.4. The highest BCUT2D eigenvalue weighted by molar-refractivity contribution is 9.10. The summed E-state index contributed by atoms with van der Waals surface area (Å²) in [5.41, 5.74) is 0.831. The van der Waals surface area contributed by atoms with Crippen molar-refractivity contribution in [2.75, 3.05) is 11.9 Å². The van der Waals surface area contributed by atoms with Gasteiger partial charge in [-0.2, -0.15) is 0 Å². The Morgan fingerprint density at radius 1 is 1.33 bits per heavy atom. The number of halogens is 1. The van der Waals surface area contributed by atoms with E-state index in [-0.39, 0.29) is 0 Å². The summed E-state index contributed by atoms with van der Waals surface area (Å²) in [5, 5.41) is 6.40. The quantitative estimate of drug-likeness (QED) is 0.801. The van der Waals surface area contributed by atoms with Crippen LogP contribution in [0.1, 0.15) is 5.01 Å². The van der Waals surface area contributed by atoms with Crippen molar-refractivity contribution in [2.45, 2.75) is 6.42 Å². The fourth-order valence-corrected chi connectivity index (χ4v) is 2.70. The standard InChI is InChI=1S/C11H10BrN5S/c12-8-7-17-5-3-15-11(17)10(16-8)14-2-1-9-13-4-6-18-9/h3-7H,1-2H2,(H,14,16). The fraction of sp³-hybridized carbons (Fsp3) is 0.182. The number of imidazole rings is 1. The molecule has 0 spiro atoms. The minimum absolute atomic E-state index is 0.782. The third-order valence-electron chi connectivity index (χ3n) is 2.46. The van der Waals surface area contributed by atoms with Crippen LogP contribution in [0.2, 0.25) is 0 Å². The van der Waals surface area contributed by atoms with Crippen molar-refractivity contribution in [1.29, 1.82) is 0 Å². The molecule has 3 heterocycles. The Hall–Kier alpha value is -1.47. The van der Waals surface area contributed by atoms with Gasteiger partial charge in [0, 0.05) is 43.1 Å². The topological polar surface area (TPSA) is 55.1 Å². The highest BCUT2D eigenvalue weighted by atomic mass is 79.9. The second kappa shape index (κ2) is 5.03. The van der Waals surface area contributed by atoms with E-state index < -0.39 is 0 Å². The van der Waals surface area contributed by atoms with Gasteiger partial charge in [0.2, 0.25) is 0 Å². The Bertz CT molecular complexity index is 649. The van der Waals surface area contributed by atoms with Gasteiger partial charge in [0.15, 0.2) is 11.5 Å². The molecule has 0 saturated carbocycles. The monoisotopic (exact) mass is 323 g/mol. The van der Waals surface area contributed by atoms with E-state index in [4.69, 9.17) is 0 Å². The molecule has 0 unspecified atom stereocenters. The third-order valence-corrected chi connectivity index (χ3v) is 3.68. The number of thiazole rings is 1. The molecule has 3 aromatic rings. The Balaban J connectivity index is 1.75. The lowest BCUT2D eigenvalue weighted by Gasteiger charge is -2.06. The van der Waals surface area contributed by atoms with E-state index in [1.165, 1.54) is 0 Å². The van der Waals surface area contributed by atoms with Gasteiger partial charge in [0.05, 0.1) is 5.01 Å². The molecule has 0 aliphatic heterocycles. The summed E-state index contributed by atoms with van der Waals surface area (Å²) in [4.78, 5) is 12.9. The van der Waals surface area contributed by atoms with E-state index in [0.29, 0.717) is 0 Å². The van der Waals surface area contributed by atoms with Gasteiger partial charge in [-0.15, -0.1) is 11.3 Å². The van der Waals surface area contributed by atoms with Gasteiger partial charge in [0.25, 0.3) is 0 Å². The van der Waals surface area contributed by atoms with E-state index in [9.17, 15) is 0 Å². The fourth-order valence-electron chi connectivity index (χ4n) is 1.68. The lowest BCUT2D eigenvalue weighted by Crippen LogP contribution is -2.08. The van der Waals surface area contributed by atoms with Crippen LogP contribution < -0.4 is 5.32 Å². The van der Waals surface area contributed by atoms with E-state index in [1.54, 1.807) is 17.5 Å². The summed E-state index contributed by atoms with van der Waals surface area (Å²) < 4.78 is 2.72. The lowest BCUT2D eigenvalue weighted by molar-refractivity contribution is 0.978. The molecule has 5 nitrogen and oxygen atoms in total. The van der Waals surface area contributed by atoms with Crippen molar-refractivity contribution in [3.8, 4) is 0 Å². The summed E-state index contributed by atoms with van der Waals surface area (Å²) >= 11 is 5.05. The minimum atomic E-state index is 0.782. The molecule has 1 N–H and O–H groups in total. The molecule has 3 aromatic heterocycles. The molecule has 0 radical (unpaired) electrons. The molecule has 0 saturated heterocycles. The number of aromatic nitrogens is 4. The molecule has 7 heteroatoms. The molecule has 0 aliphatic carbocycles. The summed E-state index contributed by atoms with van der Waals surface area (Å²) in [6.07, 6.45) is 8.25. The number of rotatable bonds is 4. The maximum absolute atomic E-state index is 4.40. The first-order valence-corrected chi connectivity index (χ1v) is 7.11. The lowest BCUT2D eigenvalue weighted by atomic mass is 10.4. The van der Waals surface area contributed by atoms with Crippen LogP contribution in [0.15, 0.2) is 34.8 Å². The zero-order valence-electron chi connectivity index (χ0n) is 9.38.